The molecule has 4 heterocycles. The lowest BCUT2D eigenvalue weighted by Crippen LogP contribution is -2.38. The summed E-state index contributed by atoms with van der Waals surface area (Å²) < 4.78 is 14.4. The van der Waals surface area contributed by atoms with Gasteiger partial charge in [0, 0.05) is 32.5 Å². The summed E-state index contributed by atoms with van der Waals surface area (Å²) in [6.07, 6.45) is 4.27. The highest BCUT2D eigenvalue weighted by atomic mass is 16.5. The Hall–Kier alpha value is -3.04. The van der Waals surface area contributed by atoms with Gasteiger partial charge in [-0.3, -0.25) is 19.4 Å². The number of aromatic nitrogens is 3. The molecule has 33 heavy (non-hydrogen) atoms. The minimum atomic E-state index is -0.390. The minimum Gasteiger partial charge on any atom is -0.379 e. The lowest BCUT2D eigenvalue weighted by molar-refractivity contribution is 0.0748. The fourth-order valence-corrected chi connectivity index (χ4v) is 4.14. The monoisotopic (exact) mass is 453 g/mol. The van der Waals surface area contributed by atoms with Crippen molar-refractivity contribution < 1.29 is 14.3 Å². The molecule has 0 saturated carbocycles. The van der Waals surface area contributed by atoms with Crippen LogP contribution >= 0.6 is 0 Å². The van der Waals surface area contributed by atoms with Gasteiger partial charge in [-0.05, 0) is 57.7 Å². The average molecular weight is 454 g/mol. The van der Waals surface area contributed by atoms with E-state index < -0.39 is 5.91 Å². The number of hydrogen-bond acceptors (Lipinski definition) is 6. The molecule has 1 atom stereocenters. The first-order valence-electron chi connectivity index (χ1n) is 11.5. The van der Waals surface area contributed by atoms with Crippen LogP contribution in [-0.4, -0.2) is 51.8 Å². The van der Waals surface area contributed by atoms with Gasteiger partial charge in [0.1, 0.15) is 16.8 Å². The summed E-state index contributed by atoms with van der Waals surface area (Å²) >= 11 is 0. The number of hydrogen-bond donors (Lipinski definition) is 2. The van der Waals surface area contributed by atoms with Crippen molar-refractivity contribution in [2.75, 3.05) is 19.8 Å². The van der Waals surface area contributed by atoms with Gasteiger partial charge >= 0.3 is 0 Å². The SMILES string of the molecule is Cc1cccn2c(=O)c3cc(C(=O)NC[C@@H]4CCCO4)c(=N)n(CCCOC(C)C)c3nc12. The molecule has 3 aromatic heterocycles. The normalized spacial score (nSPS) is 16.2. The van der Waals surface area contributed by atoms with Crippen LogP contribution in [0.25, 0.3) is 16.7 Å². The number of aryl methyl sites for hydroxylation is 2. The minimum absolute atomic E-state index is 0.0110. The summed E-state index contributed by atoms with van der Waals surface area (Å²) in [5, 5.41) is 12.0. The van der Waals surface area contributed by atoms with Gasteiger partial charge in [-0.25, -0.2) is 4.98 Å². The smallest absolute Gasteiger partial charge is 0.267 e. The Labute approximate surface area is 191 Å². The van der Waals surface area contributed by atoms with E-state index in [0.29, 0.717) is 49.4 Å². The van der Waals surface area contributed by atoms with E-state index in [1.165, 1.54) is 10.5 Å². The fourth-order valence-electron chi connectivity index (χ4n) is 4.14. The number of nitrogens with zero attached hydrogens (tertiary/aromatic N) is 3. The molecule has 0 bridgehead atoms. The standard InChI is InChI=1S/C24H31N5O4/c1-15(2)32-12-6-10-28-20(25)18(23(30)26-14-17-8-5-11-33-17)13-19-22(28)27-21-16(3)7-4-9-29(21)24(19)31/h4,7,9,13,15,17,25H,5-6,8,10-12,14H2,1-3H3,(H,26,30)/t17-/m0/s1. The zero-order chi connectivity index (χ0) is 23.5. The highest BCUT2D eigenvalue weighted by Gasteiger charge is 2.20. The van der Waals surface area contributed by atoms with E-state index in [1.54, 1.807) is 16.8 Å². The second-order valence-corrected chi connectivity index (χ2v) is 8.72. The van der Waals surface area contributed by atoms with Crippen LogP contribution in [0.5, 0.6) is 0 Å². The maximum atomic E-state index is 13.3. The summed E-state index contributed by atoms with van der Waals surface area (Å²) in [5.41, 5.74) is 1.71. The molecular formula is C24H31N5O4. The van der Waals surface area contributed by atoms with Gasteiger partial charge in [0.15, 0.2) is 0 Å². The molecule has 0 aromatic carbocycles. The van der Waals surface area contributed by atoms with Crippen LogP contribution in [0.2, 0.25) is 0 Å². The lowest BCUT2D eigenvalue weighted by Gasteiger charge is -2.16. The van der Waals surface area contributed by atoms with Crippen molar-refractivity contribution in [3.63, 3.8) is 0 Å². The van der Waals surface area contributed by atoms with E-state index in [2.05, 4.69) is 5.32 Å². The molecule has 1 saturated heterocycles. The van der Waals surface area contributed by atoms with Crippen LogP contribution in [0.1, 0.15) is 49.0 Å². The third kappa shape index (κ3) is 4.84. The lowest BCUT2D eigenvalue weighted by atomic mass is 10.1. The summed E-state index contributed by atoms with van der Waals surface area (Å²) in [6.45, 7) is 7.82. The van der Waals surface area contributed by atoms with E-state index in [-0.39, 0.29) is 28.8 Å². The number of nitrogens with one attached hydrogen (secondary N) is 2. The summed E-state index contributed by atoms with van der Waals surface area (Å²) in [7, 11) is 0. The van der Waals surface area contributed by atoms with E-state index in [0.717, 1.165) is 18.4 Å². The number of ether oxygens (including phenoxy) is 2. The Morgan fingerprint density at radius 1 is 1.39 bits per heavy atom. The summed E-state index contributed by atoms with van der Waals surface area (Å²) in [6, 6.07) is 5.18. The van der Waals surface area contributed by atoms with Crippen LogP contribution in [0.4, 0.5) is 0 Å². The Morgan fingerprint density at radius 2 is 2.21 bits per heavy atom. The molecule has 1 fully saturated rings. The van der Waals surface area contributed by atoms with E-state index in [9.17, 15) is 9.59 Å². The maximum Gasteiger partial charge on any atom is 0.267 e. The highest BCUT2D eigenvalue weighted by Crippen LogP contribution is 2.14. The van der Waals surface area contributed by atoms with Crippen molar-refractivity contribution in [2.45, 2.75) is 58.8 Å². The maximum absolute atomic E-state index is 13.3. The first kappa shape index (κ1) is 23.1. The molecular weight excluding hydrogens is 422 g/mol. The quantitative estimate of drug-likeness (QED) is 0.401. The number of carbonyl (C=O) groups excluding carboxylic acids is 1. The summed E-state index contributed by atoms with van der Waals surface area (Å²) in [4.78, 5) is 31.1. The number of pyridine rings is 2. The van der Waals surface area contributed by atoms with Crippen molar-refractivity contribution in [3.05, 3.63) is 51.4 Å². The first-order valence-corrected chi connectivity index (χ1v) is 11.5. The van der Waals surface area contributed by atoms with Crippen molar-refractivity contribution >= 4 is 22.6 Å². The molecule has 1 aliphatic heterocycles. The molecule has 4 rings (SSSR count). The second kappa shape index (κ2) is 9.84. The third-order valence-corrected chi connectivity index (χ3v) is 5.87. The van der Waals surface area contributed by atoms with Crippen LogP contribution < -0.4 is 16.4 Å². The molecule has 0 aliphatic carbocycles. The fraction of sp³-hybridized carbons (Fsp3) is 0.500. The van der Waals surface area contributed by atoms with Crippen LogP contribution in [0.15, 0.2) is 29.2 Å². The molecule has 176 valence electrons. The van der Waals surface area contributed by atoms with Gasteiger partial charge in [-0.15, -0.1) is 0 Å². The van der Waals surface area contributed by atoms with Gasteiger partial charge in [0.25, 0.3) is 11.5 Å². The molecule has 0 spiro atoms. The van der Waals surface area contributed by atoms with Crippen molar-refractivity contribution in [1.82, 2.24) is 19.3 Å². The molecule has 1 amide bonds. The first-order chi connectivity index (χ1) is 15.9. The molecule has 0 unspecified atom stereocenters. The molecule has 3 aromatic rings. The molecule has 0 radical (unpaired) electrons. The predicted octanol–water partition coefficient (Wildman–Crippen LogP) is 2.16. The number of carbonyl (C=O) groups is 1. The average Bonchev–Trinajstić information content (AvgIpc) is 3.30. The van der Waals surface area contributed by atoms with Crippen LogP contribution in [0, 0.1) is 12.3 Å². The van der Waals surface area contributed by atoms with Crippen molar-refractivity contribution in [3.8, 4) is 0 Å². The van der Waals surface area contributed by atoms with Crippen molar-refractivity contribution in [1.29, 1.82) is 5.41 Å². The Balaban J connectivity index is 1.79. The molecule has 9 heteroatoms. The zero-order valence-corrected chi connectivity index (χ0v) is 19.4. The topological polar surface area (TPSA) is 111 Å². The zero-order valence-electron chi connectivity index (χ0n) is 19.4. The number of rotatable bonds is 8. The third-order valence-electron chi connectivity index (χ3n) is 5.87. The van der Waals surface area contributed by atoms with Crippen LogP contribution in [-0.2, 0) is 16.0 Å². The molecule has 1 aliphatic rings. The molecule has 9 nitrogen and oxygen atoms in total. The largest absolute Gasteiger partial charge is 0.379 e. The van der Waals surface area contributed by atoms with E-state index in [4.69, 9.17) is 19.9 Å². The number of amides is 1. The van der Waals surface area contributed by atoms with Crippen LogP contribution in [0.3, 0.4) is 0 Å². The molecule has 2 N–H and O–H groups in total. The number of fused-ring (bicyclic) bond motifs is 2. The van der Waals surface area contributed by atoms with E-state index in [1.807, 2.05) is 26.8 Å². The Kier molecular flexibility index (Phi) is 6.90. The van der Waals surface area contributed by atoms with Gasteiger partial charge in [0.05, 0.1) is 23.2 Å². The summed E-state index contributed by atoms with van der Waals surface area (Å²) in [5.74, 6) is -0.390. The second-order valence-electron chi connectivity index (χ2n) is 8.72. The van der Waals surface area contributed by atoms with Gasteiger partial charge in [-0.1, -0.05) is 6.07 Å². The van der Waals surface area contributed by atoms with Gasteiger partial charge in [0.2, 0.25) is 0 Å². The Bertz CT molecular complexity index is 1290. The Morgan fingerprint density at radius 3 is 2.94 bits per heavy atom. The van der Waals surface area contributed by atoms with Crippen molar-refractivity contribution in [2.24, 2.45) is 0 Å². The highest BCUT2D eigenvalue weighted by molar-refractivity contribution is 5.96. The van der Waals surface area contributed by atoms with Gasteiger partial charge < -0.3 is 19.4 Å². The van der Waals surface area contributed by atoms with E-state index >= 15 is 0 Å². The van der Waals surface area contributed by atoms with Gasteiger partial charge in [-0.2, -0.15) is 0 Å². The predicted molar refractivity (Wildman–Crippen MR) is 125 cm³/mol.